The zero-order valence-electron chi connectivity index (χ0n) is 17.1. The van der Waals surface area contributed by atoms with Gasteiger partial charge in [-0.15, -0.1) is 0 Å². The molecule has 4 rings (SSSR count). The fourth-order valence-electron chi connectivity index (χ4n) is 3.56. The summed E-state index contributed by atoms with van der Waals surface area (Å²) in [5.74, 6) is 0. The molecule has 32 heavy (non-hydrogen) atoms. The fourth-order valence-corrected chi connectivity index (χ4v) is 5.79. The predicted octanol–water partition coefficient (Wildman–Crippen LogP) is 0.764. The van der Waals surface area contributed by atoms with E-state index in [-0.39, 0.29) is 127 Å². The Labute approximate surface area is 249 Å². The third-order valence-electron chi connectivity index (χ3n) is 4.65. The molecule has 0 saturated carbocycles. The van der Waals surface area contributed by atoms with Gasteiger partial charge in [0.2, 0.25) is 0 Å². The Morgan fingerprint density at radius 3 is 1.16 bits per heavy atom. The molecule has 0 bridgehead atoms. The van der Waals surface area contributed by atoms with Gasteiger partial charge in [0.15, 0.2) is 0 Å². The quantitative estimate of drug-likeness (QED) is 0.128. The number of nitrogen functional groups attached to an aromatic ring is 1. The van der Waals surface area contributed by atoms with Crippen LogP contribution in [0.1, 0.15) is 0 Å². The summed E-state index contributed by atoms with van der Waals surface area (Å²) in [6.07, 6.45) is 0. The molecule has 3 radical (unpaired) electrons. The van der Waals surface area contributed by atoms with Crippen LogP contribution in [0, 0.1) is 0 Å². The zero-order valence-corrected chi connectivity index (χ0v) is 25.5. The van der Waals surface area contributed by atoms with Crippen molar-refractivity contribution in [1.29, 1.82) is 0 Å². The van der Waals surface area contributed by atoms with Crippen LogP contribution < -0.4 is 5.73 Å². The van der Waals surface area contributed by atoms with E-state index < -0.39 is 45.0 Å². The molecule has 16 heteroatoms. The second kappa shape index (κ2) is 9.84. The number of benzene rings is 4. The maximum Gasteiger partial charge on any atom is 0.295 e. The van der Waals surface area contributed by atoms with E-state index in [0.29, 0.717) is 6.07 Å². The van der Waals surface area contributed by atoms with Crippen LogP contribution in [0.5, 0.6) is 0 Å². The van der Waals surface area contributed by atoms with Crippen LogP contribution in [0.15, 0.2) is 51.1 Å². The predicted molar refractivity (Wildman–Crippen MR) is 121 cm³/mol. The second-order valence-electron chi connectivity index (χ2n) is 6.33. The minimum atomic E-state index is -4.93. The Morgan fingerprint density at radius 2 is 0.812 bits per heavy atom. The number of anilines is 1. The van der Waals surface area contributed by atoms with Crippen LogP contribution in [0.2, 0.25) is 0 Å². The molecular formula is C16H11NNa3O9S3. The molecule has 0 atom stereocenters. The molecule has 5 N–H and O–H groups in total. The summed E-state index contributed by atoms with van der Waals surface area (Å²) in [5.41, 5.74) is 5.82. The van der Waals surface area contributed by atoms with Gasteiger partial charge < -0.3 is 5.73 Å². The standard InChI is InChI=1S/C16H11NO9S3.3Na/c17-11-5-12(27(18,19)20)8-3-4-10-14(29(24,25)26)6-13(28(21,22)23)9-2-1-7(11)15(8)16(9)10;;;/h1-6H,17H2,(H,18,19,20)(H,21,22,23)(H,24,25,26);;;. The summed E-state index contributed by atoms with van der Waals surface area (Å²) in [4.78, 5) is -2.17. The summed E-state index contributed by atoms with van der Waals surface area (Å²) in [6.45, 7) is 0. The normalized spacial score (nSPS) is 12.3. The van der Waals surface area contributed by atoms with Gasteiger partial charge in [-0.05, 0) is 12.1 Å². The molecule has 0 aromatic heterocycles. The molecule has 0 aliphatic heterocycles. The molecule has 0 aliphatic rings. The minimum absolute atomic E-state index is 0. The summed E-state index contributed by atoms with van der Waals surface area (Å²) in [5, 5.41) is -0.0781. The van der Waals surface area contributed by atoms with Crippen molar-refractivity contribution in [3.8, 4) is 0 Å². The van der Waals surface area contributed by atoms with Gasteiger partial charge >= 0.3 is 0 Å². The molecule has 4 aromatic carbocycles. The molecule has 155 valence electrons. The topological polar surface area (TPSA) is 189 Å². The first-order valence-electron chi connectivity index (χ1n) is 7.67. The number of rotatable bonds is 3. The van der Waals surface area contributed by atoms with Crippen molar-refractivity contribution < 1.29 is 38.9 Å². The molecule has 0 amide bonds. The molecule has 0 unspecified atom stereocenters. The van der Waals surface area contributed by atoms with Crippen molar-refractivity contribution in [3.63, 3.8) is 0 Å². The molecule has 0 heterocycles. The average molecular weight is 526 g/mol. The average Bonchev–Trinajstić information content (AvgIpc) is 2.57. The van der Waals surface area contributed by atoms with Crippen molar-refractivity contribution in [2.45, 2.75) is 14.7 Å². The van der Waals surface area contributed by atoms with Crippen LogP contribution in [-0.4, -0.2) is 128 Å². The molecule has 0 saturated heterocycles. The number of nitrogens with two attached hydrogens (primary N) is 1. The van der Waals surface area contributed by atoms with E-state index in [2.05, 4.69) is 0 Å². The van der Waals surface area contributed by atoms with E-state index in [1.807, 2.05) is 0 Å². The van der Waals surface area contributed by atoms with Crippen LogP contribution in [-0.2, 0) is 30.4 Å². The van der Waals surface area contributed by atoms with Gasteiger partial charge in [0.25, 0.3) is 30.4 Å². The van der Waals surface area contributed by atoms with Crippen LogP contribution in [0.4, 0.5) is 5.69 Å². The first-order valence-corrected chi connectivity index (χ1v) is 12.0. The van der Waals surface area contributed by atoms with Gasteiger partial charge in [0.05, 0.1) is 0 Å². The van der Waals surface area contributed by atoms with Crippen molar-refractivity contribution in [3.05, 3.63) is 36.4 Å². The van der Waals surface area contributed by atoms with Crippen LogP contribution >= 0.6 is 0 Å². The van der Waals surface area contributed by atoms with Crippen molar-refractivity contribution >= 4 is 157 Å². The molecule has 0 spiro atoms. The van der Waals surface area contributed by atoms with Crippen molar-refractivity contribution in [1.82, 2.24) is 0 Å². The minimum Gasteiger partial charge on any atom is -0.398 e. The smallest absolute Gasteiger partial charge is 0.295 e. The van der Waals surface area contributed by atoms with Crippen LogP contribution in [0.25, 0.3) is 32.3 Å². The SMILES string of the molecule is Nc1cc(S(=O)(=O)O)c2ccc3c(S(=O)(=O)O)cc(S(=O)(=O)O)c4ccc1c2c43.[Na].[Na].[Na]. The second-order valence-corrected chi connectivity index (χ2v) is 10.5. The summed E-state index contributed by atoms with van der Waals surface area (Å²) in [7, 11) is -14.6. The molecular weight excluding hydrogens is 515 g/mol. The number of hydrogen-bond acceptors (Lipinski definition) is 7. The van der Waals surface area contributed by atoms with E-state index in [9.17, 15) is 38.9 Å². The monoisotopic (exact) mass is 526 g/mol. The summed E-state index contributed by atoms with van der Waals surface area (Å²) >= 11 is 0. The molecule has 0 aliphatic carbocycles. The Hall–Kier alpha value is 0.450. The van der Waals surface area contributed by atoms with Crippen molar-refractivity contribution in [2.75, 3.05) is 5.73 Å². The Morgan fingerprint density at radius 1 is 0.531 bits per heavy atom. The first kappa shape index (κ1) is 30.5. The first-order chi connectivity index (χ1) is 13.2. The maximum atomic E-state index is 11.9. The fraction of sp³-hybridized carbons (Fsp3) is 0. The van der Waals surface area contributed by atoms with E-state index in [4.69, 9.17) is 5.73 Å². The van der Waals surface area contributed by atoms with Gasteiger partial charge in [-0.2, -0.15) is 25.3 Å². The van der Waals surface area contributed by atoms with E-state index in [1.165, 1.54) is 18.2 Å². The van der Waals surface area contributed by atoms with Crippen LogP contribution in [0.3, 0.4) is 0 Å². The van der Waals surface area contributed by atoms with Crippen molar-refractivity contribution in [2.24, 2.45) is 0 Å². The van der Waals surface area contributed by atoms with Gasteiger partial charge in [-0.25, -0.2) is 0 Å². The van der Waals surface area contributed by atoms with Gasteiger partial charge in [-0.3, -0.25) is 13.7 Å². The van der Waals surface area contributed by atoms with E-state index in [0.717, 1.165) is 12.1 Å². The Kier molecular flexibility index (Phi) is 9.37. The Balaban J connectivity index is 0.00000171. The summed E-state index contributed by atoms with van der Waals surface area (Å²) < 4.78 is 99.8. The summed E-state index contributed by atoms with van der Waals surface area (Å²) in [6, 6.07) is 6.63. The third-order valence-corrected chi connectivity index (χ3v) is 7.33. The number of hydrogen-bond donors (Lipinski definition) is 4. The zero-order chi connectivity index (χ0) is 21.5. The van der Waals surface area contributed by atoms with E-state index in [1.54, 1.807) is 0 Å². The largest absolute Gasteiger partial charge is 0.398 e. The van der Waals surface area contributed by atoms with E-state index >= 15 is 0 Å². The van der Waals surface area contributed by atoms with Gasteiger partial charge in [-0.1, -0.05) is 24.3 Å². The maximum absolute atomic E-state index is 11.9. The van der Waals surface area contributed by atoms with Gasteiger partial charge in [0.1, 0.15) is 14.7 Å². The van der Waals surface area contributed by atoms with Gasteiger partial charge in [0, 0.05) is 127 Å². The third kappa shape index (κ3) is 5.03. The molecule has 10 nitrogen and oxygen atoms in total. The molecule has 4 aromatic rings. The molecule has 0 fully saturated rings. The Bertz CT molecular complexity index is 1630.